The SMILES string of the molecule is C[C@@H]1C[C@H](C)CN(C(=O)c2cc3c(=O)n4ccccc4nc3n2C)C1. The highest BCUT2D eigenvalue weighted by Gasteiger charge is 2.28. The molecule has 3 aromatic heterocycles. The summed E-state index contributed by atoms with van der Waals surface area (Å²) in [6.07, 6.45) is 2.85. The van der Waals surface area contributed by atoms with E-state index in [1.807, 2.05) is 11.0 Å². The minimum absolute atomic E-state index is 0.0210. The molecule has 1 aliphatic heterocycles. The van der Waals surface area contributed by atoms with Crippen LogP contribution < -0.4 is 5.56 Å². The smallest absolute Gasteiger partial charge is 0.270 e. The number of carbonyl (C=O) groups excluding carboxylic acids is 1. The van der Waals surface area contributed by atoms with Crippen molar-refractivity contribution in [2.24, 2.45) is 18.9 Å². The highest BCUT2D eigenvalue weighted by atomic mass is 16.2. The van der Waals surface area contributed by atoms with Crippen LogP contribution in [0.25, 0.3) is 16.7 Å². The van der Waals surface area contributed by atoms with Gasteiger partial charge in [-0.25, -0.2) is 4.98 Å². The van der Waals surface area contributed by atoms with Crippen LogP contribution in [0.4, 0.5) is 0 Å². The summed E-state index contributed by atoms with van der Waals surface area (Å²) >= 11 is 0. The lowest BCUT2D eigenvalue weighted by atomic mass is 9.92. The van der Waals surface area contributed by atoms with Gasteiger partial charge in [0.1, 0.15) is 17.0 Å². The van der Waals surface area contributed by atoms with E-state index in [0.29, 0.717) is 34.2 Å². The molecule has 25 heavy (non-hydrogen) atoms. The van der Waals surface area contributed by atoms with Crippen LogP contribution >= 0.6 is 0 Å². The molecule has 6 nitrogen and oxygen atoms in total. The number of likely N-dealkylation sites (tertiary alicyclic amines) is 1. The van der Waals surface area contributed by atoms with E-state index in [0.717, 1.165) is 19.5 Å². The molecule has 1 aliphatic rings. The van der Waals surface area contributed by atoms with Gasteiger partial charge in [-0.3, -0.25) is 14.0 Å². The van der Waals surface area contributed by atoms with E-state index in [1.54, 1.807) is 36.0 Å². The van der Waals surface area contributed by atoms with Gasteiger partial charge in [-0.15, -0.1) is 0 Å². The maximum atomic E-state index is 13.1. The Morgan fingerprint density at radius 2 is 1.92 bits per heavy atom. The second-order valence-corrected chi connectivity index (χ2v) is 7.33. The number of amides is 1. The van der Waals surface area contributed by atoms with E-state index < -0.39 is 0 Å². The summed E-state index contributed by atoms with van der Waals surface area (Å²) in [7, 11) is 1.80. The van der Waals surface area contributed by atoms with Gasteiger partial charge in [0.25, 0.3) is 11.5 Å². The molecule has 0 spiro atoms. The van der Waals surface area contributed by atoms with Crippen molar-refractivity contribution in [1.82, 2.24) is 18.9 Å². The van der Waals surface area contributed by atoms with Gasteiger partial charge in [0.2, 0.25) is 0 Å². The van der Waals surface area contributed by atoms with Gasteiger partial charge in [0, 0.05) is 26.3 Å². The summed E-state index contributed by atoms with van der Waals surface area (Å²) in [5.74, 6) is 0.967. The van der Waals surface area contributed by atoms with Gasteiger partial charge in [-0.1, -0.05) is 19.9 Å². The lowest BCUT2D eigenvalue weighted by Crippen LogP contribution is -2.43. The fourth-order valence-corrected chi connectivity index (χ4v) is 4.02. The van der Waals surface area contributed by atoms with E-state index in [9.17, 15) is 9.59 Å². The average molecular weight is 338 g/mol. The molecule has 0 bridgehead atoms. The first-order valence-electron chi connectivity index (χ1n) is 8.72. The molecular weight excluding hydrogens is 316 g/mol. The van der Waals surface area contributed by atoms with Crippen molar-refractivity contribution in [3.8, 4) is 0 Å². The molecular formula is C19H22N4O2. The third-order valence-electron chi connectivity index (χ3n) is 5.08. The minimum atomic E-state index is -0.143. The van der Waals surface area contributed by atoms with Gasteiger partial charge in [-0.2, -0.15) is 0 Å². The maximum absolute atomic E-state index is 13.1. The molecule has 1 fully saturated rings. The van der Waals surface area contributed by atoms with Crippen molar-refractivity contribution in [2.45, 2.75) is 20.3 Å². The third kappa shape index (κ3) is 2.52. The maximum Gasteiger partial charge on any atom is 0.270 e. The number of aryl methyl sites for hydroxylation is 1. The zero-order valence-corrected chi connectivity index (χ0v) is 14.8. The largest absolute Gasteiger partial charge is 0.337 e. The Morgan fingerprint density at radius 1 is 1.20 bits per heavy atom. The van der Waals surface area contributed by atoms with E-state index in [-0.39, 0.29) is 11.5 Å². The summed E-state index contributed by atoms with van der Waals surface area (Å²) in [6, 6.07) is 7.13. The van der Waals surface area contributed by atoms with Gasteiger partial charge >= 0.3 is 0 Å². The van der Waals surface area contributed by atoms with Crippen molar-refractivity contribution in [2.75, 3.05) is 13.1 Å². The molecule has 130 valence electrons. The van der Waals surface area contributed by atoms with Crippen LogP contribution in [0.1, 0.15) is 30.8 Å². The molecule has 0 unspecified atom stereocenters. The predicted octanol–water partition coefficient (Wildman–Crippen LogP) is 2.30. The Hall–Kier alpha value is -2.63. The fourth-order valence-electron chi connectivity index (χ4n) is 4.02. The number of fused-ring (bicyclic) bond motifs is 2. The molecule has 3 aromatic rings. The Balaban J connectivity index is 1.84. The quantitative estimate of drug-likeness (QED) is 0.684. The van der Waals surface area contributed by atoms with Crippen LogP contribution in [0.5, 0.6) is 0 Å². The summed E-state index contributed by atoms with van der Waals surface area (Å²) < 4.78 is 3.26. The molecule has 0 N–H and O–H groups in total. The first-order valence-corrected chi connectivity index (χ1v) is 8.72. The monoisotopic (exact) mass is 338 g/mol. The summed E-state index contributed by atoms with van der Waals surface area (Å²) in [5, 5.41) is 0.479. The van der Waals surface area contributed by atoms with Crippen LogP contribution in [-0.2, 0) is 7.05 Å². The molecule has 0 radical (unpaired) electrons. The molecule has 4 heterocycles. The Kier molecular flexibility index (Phi) is 3.63. The fraction of sp³-hybridized carbons (Fsp3) is 0.421. The van der Waals surface area contributed by atoms with E-state index >= 15 is 0 Å². The molecule has 0 aromatic carbocycles. The van der Waals surface area contributed by atoms with E-state index in [2.05, 4.69) is 18.8 Å². The first kappa shape index (κ1) is 15.9. The predicted molar refractivity (Wildman–Crippen MR) is 96.8 cm³/mol. The standard InChI is InChI=1S/C19H22N4O2/c1-12-8-13(2)11-22(10-12)19(25)15-9-14-17(21(15)3)20-16-6-4-5-7-23(16)18(14)24/h4-7,9,12-13H,8,10-11H2,1-3H3/t12-,13+. The highest BCUT2D eigenvalue weighted by Crippen LogP contribution is 2.24. The number of carbonyl (C=O) groups is 1. The Bertz CT molecular complexity index is 1020. The van der Waals surface area contributed by atoms with E-state index in [1.165, 1.54) is 4.40 Å². The number of aromatic nitrogens is 3. The van der Waals surface area contributed by atoms with Crippen molar-refractivity contribution in [3.63, 3.8) is 0 Å². The average Bonchev–Trinajstić information content (AvgIpc) is 2.91. The van der Waals surface area contributed by atoms with Crippen molar-refractivity contribution in [3.05, 3.63) is 46.5 Å². The molecule has 4 rings (SSSR count). The van der Waals surface area contributed by atoms with Crippen LogP contribution in [0.15, 0.2) is 35.3 Å². The van der Waals surface area contributed by atoms with E-state index in [4.69, 9.17) is 0 Å². The highest BCUT2D eigenvalue weighted by molar-refractivity contribution is 5.98. The zero-order chi connectivity index (χ0) is 17.7. The normalized spacial score (nSPS) is 21.2. The molecule has 2 atom stereocenters. The van der Waals surface area contributed by atoms with Crippen LogP contribution in [0.2, 0.25) is 0 Å². The zero-order valence-electron chi connectivity index (χ0n) is 14.8. The lowest BCUT2D eigenvalue weighted by Gasteiger charge is -2.35. The molecule has 6 heteroatoms. The van der Waals surface area contributed by atoms with Gasteiger partial charge < -0.3 is 9.47 Å². The number of nitrogens with zero attached hydrogens (tertiary/aromatic N) is 4. The number of piperidine rings is 1. The summed E-state index contributed by atoms with van der Waals surface area (Å²) in [4.78, 5) is 32.3. The third-order valence-corrected chi connectivity index (χ3v) is 5.08. The molecule has 0 aliphatic carbocycles. The summed E-state index contributed by atoms with van der Waals surface area (Å²) in [6.45, 7) is 5.88. The van der Waals surface area contributed by atoms with Gasteiger partial charge in [0.05, 0.1) is 5.39 Å². The number of hydrogen-bond acceptors (Lipinski definition) is 3. The number of hydrogen-bond donors (Lipinski definition) is 0. The van der Waals surface area contributed by atoms with Crippen molar-refractivity contribution < 1.29 is 4.79 Å². The van der Waals surface area contributed by atoms with Gasteiger partial charge in [0.15, 0.2) is 0 Å². The van der Waals surface area contributed by atoms with Crippen LogP contribution in [-0.4, -0.2) is 37.8 Å². The summed E-state index contributed by atoms with van der Waals surface area (Å²) in [5.41, 5.74) is 1.52. The van der Waals surface area contributed by atoms with Gasteiger partial charge in [-0.05, 0) is 36.5 Å². The minimum Gasteiger partial charge on any atom is -0.337 e. The second kappa shape index (κ2) is 5.72. The Morgan fingerprint density at radius 3 is 2.64 bits per heavy atom. The molecule has 0 saturated carbocycles. The Labute approximate surface area is 145 Å². The number of rotatable bonds is 1. The van der Waals surface area contributed by atoms with Crippen LogP contribution in [0.3, 0.4) is 0 Å². The van der Waals surface area contributed by atoms with Crippen LogP contribution in [0, 0.1) is 11.8 Å². The topological polar surface area (TPSA) is 59.6 Å². The number of pyridine rings is 1. The van der Waals surface area contributed by atoms with Crippen molar-refractivity contribution >= 4 is 22.6 Å². The first-order chi connectivity index (χ1) is 12.0. The second-order valence-electron chi connectivity index (χ2n) is 7.33. The lowest BCUT2D eigenvalue weighted by molar-refractivity contribution is 0.0614. The molecule has 1 saturated heterocycles. The molecule has 1 amide bonds. The van der Waals surface area contributed by atoms with Crippen molar-refractivity contribution in [1.29, 1.82) is 0 Å².